The number of nitrogens with zero attached hydrogens (tertiary/aromatic N) is 2. The predicted octanol–water partition coefficient (Wildman–Crippen LogP) is 3.60. The van der Waals surface area contributed by atoms with E-state index in [0.29, 0.717) is 17.4 Å². The molecule has 1 aromatic carbocycles. The van der Waals surface area contributed by atoms with E-state index in [0.717, 1.165) is 30.4 Å². The maximum atomic E-state index is 12.5. The Labute approximate surface area is 171 Å². The molecule has 150 valence electrons. The van der Waals surface area contributed by atoms with Crippen molar-refractivity contribution in [3.63, 3.8) is 0 Å². The van der Waals surface area contributed by atoms with E-state index in [4.69, 9.17) is 17.3 Å². The monoisotopic (exact) mass is 401 g/mol. The van der Waals surface area contributed by atoms with Crippen LogP contribution < -0.4 is 5.73 Å². The third-order valence-corrected chi connectivity index (χ3v) is 6.04. The zero-order valence-electron chi connectivity index (χ0n) is 16.4. The summed E-state index contributed by atoms with van der Waals surface area (Å²) in [5.74, 6) is 0.171. The normalized spacial score (nSPS) is 17.3. The van der Waals surface area contributed by atoms with Crippen molar-refractivity contribution in [2.24, 2.45) is 17.6 Å². The molecule has 3 atom stereocenters. The molecule has 1 fully saturated rings. The van der Waals surface area contributed by atoms with Crippen LogP contribution in [0.3, 0.4) is 0 Å². The van der Waals surface area contributed by atoms with Crippen molar-refractivity contribution < 1.29 is 9.90 Å². The van der Waals surface area contributed by atoms with Gasteiger partial charge in [0.1, 0.15) is 5.75 Å². The molecule has 1 aromatic heterocycles. The van der Waals surface area contributed by atoms with Gasteiger partial charge in [-0.2, -0.15) is 0 Å². The number of carbonyl (C=O) groups excluding carboxylic acids is 1. The van der Waals surface area contributed by atoms with Gasteiger partial charge in [-0.3, -0.25) is 9.78 Å². The molecule has 1 saturated carbocycles. The van der Waals surface area contributed by atoms with E-state index >= 15 is 0 Å². The quantitative estimate of drug-likeness (QED) is 0.672. The fourth-order valence-corrected chi connectivity index (χ4v) is 4.22. The highest BCUT2D eigenvalue weighted by atomic mass is 35.5. The highest BCUT2D eigenvalue weighted by Crippen LogP contribution is 2.48. The third kappa shape index (κ3) is 5.03. The van der Waals surface area contributed by atoms with Crippen molar-refractivity contribution in [1.82, 2.24) is 9.88 Å². The number of likely N-dealkylation sites (N-methyl/N-ethyl adjacent to an activating group) is 1. The number of aromatic hydroxyl groups is 1. The molecule has 0 radical (unpaired) electrons. The molecule has 3 rings (SSSR count). The Balaban J connectivity index is 1.83. The average Bonchev–Trinajstić information content (AvgIpc) is 3.49. The van der Waals surface area contributed by atoms with E-state index in [-0.39, 0.29) is 29.5 Å². The highest BCUT2D eigenvalue weighted by Gasteiger charge is 2.41. The zero-order valence-corrected chi connectivity index (χ0v) is 17.1. The minimum atomic E-state index is -0.253. The molecule has 0 spiro atoms. The lowest BCUT2D eigenvalue weighted by molar-refractivity contribution is -0.123. The number of phenolic OH excluding ortho intramolecular Hbond substituents is 1. The molecular formula is C22H28ClN3O2. The molecule has 0 bridgehead atoms. The molecule has 2 unspecified atom stereocenters. The van der Waals surface area contributed by atoms with Gasteiger partial charge in [0.15, 0.2) is 0 Å². The molecule has 1 amide bonds. The standard InChI is InChI=1S/C22H28ClN3O2/c1-26(2)17(10-14-5-8-20(27)19(23)11-14)12-18(22(24)28)21(15-6-7-15)16-4-3-9-25-13-16/h3-5,8-9,11,13,15,17-18,21,27H,6-7,10,12H2,1-2H3,(H2,24,28)/t17-,18?,21?/m1/s1. The van der Waals surface area contributed by atoms with Gasteiger partial charge in [-0.1, -0.05) is 23.7 Å². The molecule has 3 N–H and O–H groups in total. The van der Waals surface area contributed by atoms with Crippen LogP contribution in [-0.4, -0.2) is 41.0 Å². The second-order valence-corrected chi connectivity index (χ2v) is 8.41. The van der Waals surface area contributed by atoms with Gasteiger partial charge in [-0.15, -0.1) is 0 Å². The highest BCUT2D eigenvalue weighted by molar-refractivity contribution is 6.32. The number of phenols is 1. The summed E-state index contributed by atoms with van der Waals surface area (Å²) >= 11 is 6.07. The van der Waals surface area contributed by atoms with Gasteiger partial charge in [0.05, 0.1) is 5.02 Å². The van der Waals surface area contributed by atoms with Crippen LogP contribution in [0.4, 0.5) is 0 Å². The zero-order chi connectivity index (χ0) is 20.3. The van der Waals surface area contributed by atoms with E-state index in [1.54, 1.807) is 18.3 Å². The van der Waals surface area contributed by atoms with Crippen molar-refractivity contribution in [3.8, 4) is 5.75 Å². The van der Waals surface area contributed by atoms with Gasteiger partial charge in [0.25, 0.3) is 0 Å². The van der Waals surface area contributed by atoms with Gasteiger partial charge in [-0.05, 0) is 80.9 Å². The molecule has 6 heteroatoms. The van der Waals surface area contributed by atoms with Crippen LogP contribution in [0, 0.1) is 11.8 Å². The molecule has 28 heavy (non-hydrogen) atoms. The Morgan fingerprint density at radius 3 is 2.64 bits per heavy atom. The smallest absolute Gasteiger partial charge is 0.221 e. The lowest BCUT2D eigenvalue weighted by Gasteiger charge is -2.32. The predicted molar refractivity (Wildman–Crippen MR) is 111 cm³/mol. The lowest BCUT2D eigenvalue weighted by atomic mass is 9.78. The number of carbonyl (C=O) groups is 1. The van der Waals surface area contributed by atoms with Gasteiger partial charge in [-0.25, -0.2) is 0 Å². The van der Waals surface area contributed by atoms with Crippen molar-refractivity contribution >= 4 is 17.5 Å². The summed E-state index contributed by atoms with van der Waals surface area (Å²) in [6.45, 7) is 0. The topological polar surface area (TPSA) is 79.5 Å². The number of aromatic nitrogens is 1. The van der Waals surface area contributed by atoms with Crippen LogP contribution >= 0.6 is 11.6 Å². The van der Waals surface area contributed by atoms with Crippen LogP contribution in [0.5, 0.6) is 5.75 Å². The summed E-state index contributed by atoms with van der Waals surface area (Å²) < 4.78 is 0. The molecule has 5 nitrogen and oxygen atoms in total. The fraction of sp³-hybridized carbons (Fsp3) is 0.455. The van der Waals surface area contributed by atoms with Gasteiger partial charge < -0.3 is 15.7 Å². The maximum Gasteiger partial charge on any atom is 0.221 e. The average molecular weight is 402 g/mol. The largest absolute Gasteiger partial charge is 0.506 e. The SMILES string of the molecule is CN(C)[C@H](Cc1ccc(O)c(Cl)c1)CC(C(N)=O)C(c1cccnc1)C1CC1. The number of nitrogens with two attached hydrogens (primary N) is 1. The number of hydrogen-bond donors (Lipinski definition) is 2. The van der Waals surface area contributed by atoms with Crippen LogP contribution in [-0.2, 0) is 11.2 Å². The molecule has 2 aromatic rings. The van der Waals surface area contributed by atoms with E-state index in [1.165, 1.54) is 0 Å². The van der Waals surface area contributed by atoms with Gasteiger partial charge in [0, 0.05) is 24.4 Å². The van der Waals surface area contributed by atoms with E-state index in [9.17, 15) is 9.90 Å². The number of halogens is 1. The fourth-order valence-electron chi connectivity index (χ4n) is 4.02. The molecule has 0 aliphatic heterocycles. The van der Waals surface area contributed by atoms with Crippen LogP contribution in [0.2, 0.25) is 5.02 Å². The summed E-state index contributed by atoms with van der Waals surface area (Å²) in [5.41, 5.74) is 8.01. The second-order valence-electron chi connectivity index (χ2n) is 8.00. The van der Waals surface area contributed by atoms with Crippen molar-refractivity contribution in [2.75, 3.05) is 14.1 Å². The number of pyridine rings is 1. The number of benzene rings is 1. The second kappa shape index (κ2) is 8.93. The Kier molecular flexibility index (Phi) is 6.57. The first-order valence-electron chi connectivity index (χ1n) is 9.70. The summed E-state index contributed by atoms with van der Waals surface area (Å²) in [5, 5.41) is 10.0. The lowest BCUT2D eigenvalue weighted by Crippen LogP contribution is -2.39. The molecule has 0 saturated heterocycles. The summed E-state index contributed by atoms with van der Waals surface area (Å²) in [6.07, 6.45) is 7.26. The number of hydrogen-bond acceptors (Lipinski definition) is 4. The maximum absolute atomic E-state index is 12.5. The van der Waals surface area contributed by atoms with E-state index in [1.807, 2.05) is 32.4 Å². The molecule has 1 aliphatic carbocycles. The number of primary amides is 1. The van der Waals surface area contributed by atoms with Crippen LogP contribution in [0.15, 0.2) is 42.7 Å². The number of amides is 1. The van der Waals surface area contributed by atoms with Gasteiger partial charge in [0.2, 0.25) is 5.91 Å². The van der Waals surface area contributed by atoms with Crippen molar-refractivity contribution in [1.29, 1.82) is 0 Å². The summed E-state index contributed by atoms with van der Waals surface area (Å²) in [7, 11) is 4.03. The summed E-state index contributed by atoms with van der Waals surface area (Å²) in [4.78, 5) is 18.9. The minimum Gasteiger partial charge on any atom is -0.506 e. The van der Waals surface area contributed by atoms with Crippen molar-refractivity contribution in [2.45, 2.75) is 37.6 Å². The minimum absolute atomic E-state index is 0.0761. The first-order valence-corrected chi connectivity index (χ1v) is 10.1. The molecule has 1 aliphatic rings. The van der Waals surface area contributed by atoms with Crippen molar-refractivity contribution in [3.05, 3.63) is 58.9 Å². The first kappa shape index (κ1) is 20.6. The molecular weight excluding hydrogens is 374 g/mol. The van der Waals surface area contributed by atoms with E-state index in [2.05, 4.69) is 16.0 Å². The van der Waals surface area contributed by atoms with Crippen LogP contribution in [0.25, 0.3) is 0 Å². The third-order valence-electron chi connectivity index (χ3n) is 5.74. The summed E-state index contributed by atoms with van der Waals surface area (Å²) in [6, 6.07) is 9.36. The Morgan fingerprint density at radius 1 is 1.36 bits per heavy atom. The van der Waals surface area contributed by atoms with Crippen LogP contribution in [0.1, 0.15) is 36.3 Å². The molecule has 1 heterocycles. The van der Waals surface area contributed by atoms with Gasteiger partial charge >= 0.3 is 0 Å². The van der Waals surface area contributed by atoms with E-state index < -0.39 is 0 Å². The number of rotatable bonds is 9. The Hall–Kier alpha value is -2.11. The Morgan fingerprint density at radius 2 is 2.11 bits per heavy atom. The Bertz CT molecular complexity index is 809. The first-order chi connectivity index (χ1) is 13.4.